The van der Waals surface area contributed by atoms with Gasteiger partial charge in [0.05, 0.1) is 0 Å². The molecule has 1 unspecified atom stereocenters. The standard InChI is InChI=1S/C11H17N.C2H6/c1-9(2)10(3)7-11-5-4-6-12-8-11;1-2/h4-6,8-10H,7H2,1-3H3;1-2H3. The molecule has 1 atom stereocenters. The molecule has 0 N–H and O–H groups in total. The van der Waals surface area contributed by atoms with Crippen LogP contribution >= 0.6 is 0 Å². The summed E-state index contributed by atoms with van der Waals surface area (Å²) < 4.78 is 0. The van der Waals surface area contributed by atoms with Gasteiger partial charge in [0.25, 0.3) is 0 Å². The summed E-state index contributed by atoms with van der Waals surface area (Å²) in [6, 6.07) is 4.15. The van der Waals surface area contributed by atoms with E-state index in [1.54, 1.807) is 0 Å². The fourth-order valence-electron chi connectivity index (χ4n) is 1.13. The lowest BCUT2D eigenvalue weighted by atomic mass is 9.92. The lowest BCUT2D eigenvalue weighted by molar-refractivity contribution is 0.417. The van der Waals surface area contributed by atoms with E-state index in [9.17, 15) is 0 Å². The van der Waals surface area contributed by atoms with Gasteiger partial charge < -0.3 is 0 Å². The molecule has 1 nitrogen and oxygen atoms in total. The van der Waals surface area contributed by atoms with E-state index in [2.05, 4.69) is 31.8 Å². The molecule has 0 aliphatic heterocycles. The van der Waals surface area contributed by atoms with Crippen LogP contribution in [0.3, 0.4) is 0 Å². The molecule has 80 valence electrons. The first-order chi connectivity index (χ1) is 6.70. The van der Waals surface area contributed by atoms with Gasteiger partial charge in [-0.15, -0.1) is 0 Å². The van der Waals surface area contributed by atoms with Crippen molar-refractivity contribution < 1.29 is 0 Å². The van der Waals surface area contributed by atoms with Gasteiger partial charge >= 0.3 is 0 Å². The Labute approximate surface area is 88.6 Å². The number of aromatic nitrogens is 1. The molecular weight excluding hydrogens is 170 g/mol. The van der Waals surface area contributed by atoms with Crippen molar-refractivity contribution in [3.8, 4) is 0 Å². The third-order valence-corrected chi connectivity index (χ3v) is 2.42. The molecule has 0 saturated carbocycles. The smallest absolute Gasteiger partial charge is 0.0299 e. The minimum absolute atomic E-state index is 0.745. The van der Waals surface area contributed by atoms with Crippen LogP contribution in [0.25, 0.3) is 0 Å². The Balaban J connectivity index is 0.000000791. The molecule has 0 saturated heterocycles. The Kier molecular flexibility index (Phi) is 7.09. The summed E-state index contributed by atoms with van der Waals surface area (Å²) in [4.78, 5) is 4.10. The molecule has 1 rings (SSSR count). The van der Waals surface area contributed by atoms with Crippen molar-refractivity contribution in [2.45, 2.75) is 41.0 Å². The zero-order valence-electron chi connectivity index (χ0n) is 10.1. The average Bonchev–Trinajstić information content (AvgIpc) is 2.22. The van der Waals surface area contributed by atoms with Crippen molar-refractivity contribution in [3.63, 3.8) is 0 Å². The lowest BCUT2D eigenvalue weighted by Crippen LogP contribution is -2.07. The number of hydrogen-bond acceptors (Lipinski definition) is 1. The first kappa shape index (κ1) is 13.2. The topological polar surface area (TPSA) is 12.9 Å². The quantitative estimate of drug-likeness (QED) is 0.708. The Morgan fingerprint density at radius 3 is 2.29 bits per heavy atom. The third kappa shape index (κ3) is 5.00. The van der Waals surface area contributed by atoms with Gasteiger partial charge in [0.2, 0.25) is 0 Å². The summed E-state index contributed by atoms with van der Waals surface area (Å²) >= 11 is 0. The molecule has 0 aromatic carbocycles. The van der Waals surface area contributed by atoms with E-state index in [4.69, 9.17) is 0 Å². The molecule has 0 radical (unpaired) electrons. The molecule has 1 heterocycles. The maximum absolute atomic E-state index is 4.10. The maximum atomic E-state index is 4.10. The van der Waals surface area contributed by atoms with Crippen LogP contribution in [0.2, 0.25) is 0 Å². The van der Waals surface area contributed by atoms with Gasteiger partial charge in [-0.25, -0.2) is 0 Å². The van der Waals surface area contributed by atoms with E-state index >= 15 is 0 Å². The Bertz CT molecular complexity index is 216. The number of hydrogen-bond donors (Lipinski definition) is 0. The van der Waals surface area contributed by atoms with Gasteiger partial charge in [0.15, 0.2) is 0 Å². The maximum Gasteiger partial charge on any atom is 0.0299 e. The number of rotatable bonds is 3. The number of pyridine rings is 1. The minimum Gasteiger partial charge on any atom is -0.264 e. The highest BCUT2D eigenvalue weighted by Gasteiger charge is 2.07. The predicted octanol–water partition coefficient (Wildman–Crippen LogP) is 3.94. The van der Waals surface area contributed by atoms with Crippen molar-refractivity contribution >= 4 is 0 Å². The van der Waals surface area contributed by atoms with Crippen LogP contribution in [0.15, 0.2) is 24.5 Å². The summed E-state index contributed by atoms with van der Waals surface area (Å²) in [6.07, 6.45) is 4.92. The second-order valence-corrected chi connectivity index (χ2v) is 3.79. The fraction of sp³-hybridized carbons (Fsp3) is 0.615. The van der Waals surface area contributed by atoms with Crippen LogP contribution < -0.4 is 0 Å². The molecule has 0 bridgehead atoms. The summed E-state index contributed by atoms with van der Waals surface area (Å²) in [6.45, 7) is 10.8. The van der Waals surface area contributed by atoms with E-state index in [0.29, 0.717) is 0 Å². The number of nitrogens with zero attached hydrogens (tertiary/aromatic N) is 1. The summed E-state index contributed by atoms with van der Waals surface area (Å²) in [5.74, 6) is 1.50. The zero-order chi connectivity index (χ0) is 11.0. The molecule has 0 spiro atoms. The Morgan fingerprint density at radius 2 is 1.86 bits per heavy atom. The van der Waals surface area contributed by atoms with Crippen LogP contribution in [0.4, 0.5) is 0 Å². The van der Waals surface area contributed by atoms with Crippen molar-refractivity contribution in [3.05, 3.63) is 30.1 Å². The van der Waals surface area contributed by atoms with E-state index < -0.39 is 0 Å². The molecule has 14 heavy (non-hydrogen) atoms. The summed E-state index contributed by atoms with van der Waals surface area (Å²) in [7, 11) is 0. The minimum atomic E-state index is 0.745. The highest BCUT2D eigenvalue weighted by molar-refractivity contribution is 5.09. The highest BCUT2D eigenvalue weighted by Crippen LogP contribution is 2.15. The van der Waals surface area contributed by atoms with Crippen molar-refractivity contribution in [2.75, 3.05) is 0 Å². The van der Waals surface area contributed by atoms with Crippen LogP contribution in [0.1, 0.15) is 40.2 Å². The summed E-state index contributed by atoms with van der Waals surface area (Å²) in [5.41, 5.74) is 1.35. The van der Waals surface area contributed by atoms with E-state index in [1.165, 1.54) is 5.56 Å². The Hall–Kier alpha value is -0.850. The van der Waals surface area contributed by atoms with Gasteiger partial charge in [-0.05, 0) is 29.9 Å². The van der Waals surface area contributed by atoms with E-state index in [1.807, 2.05) is 32.3 Å². The molecule has 1 heteroatoms. The molecule has 0 aliphatic carbocycles. The van der Waals surface area contributed by atoms with E-state index in [0.717, 1.165) is 18.3 Å². The van der Waals surface area contributed by atoms with Gasteiger partial charge in [0.1, 0.15) is 0 Å². The molecule has 1 aromatic rings. The van der Waals surface area contributed by atoms with Crippen LogP contribution in [0.5, 0.6) is 0 Å². The normalized spacial score (nSPS) is 11.9. The fourth-order valence-corrected chi connectivity index (χ4v) is 1.13. The van der Waals surface area contributed by atoms with Crippen molar-refractivity contribution in [2.24, 2.45) is 11.8 Å². The molecule has 0 amide bonds. The van der Waals surface area contributed by atoms with Crippen molar-refractivity contribution in [1.29, 1.82) is 0 Å². The van der Waals surface area contributed by atoms with Gasteiger partial charge in [-0.3, -0.25) is 4.98 Å². The Morgan fingerprint density at radius 1 is 1.21 bits per heavy atom. The molecular formula is C13H23N. The van der Waals surface area contributed by atoms with Crippen molar-refractivity contribution in [1.82, 2.24) is 4.98 Å². The third-order valence-electron chi connectivity index (χ3n) is 2.42. The van der Waals surface area contributed by atoms with Gasteiger partial charge in [-0.1, -0.05) is 40.7 Å². The van der Waals surface area contributed by atoms with Crippen LogP contribution in [0, 0.1) is 11.8 Å². The second kappa shape index (κ2) is 7.54. The lowest BCUT2D eigenvalue weighted by Gasteiger charge is -2.14. The largest absolute Gasteiger partial charge is 0.264 e. The molecule has 0 fully saturated rings. The van der Waals surface area contributed by atoms with Gasteiger partial charge in [0, 0.05) is 12.4 Å². The molecule has 0 aliphatic rings. The first-order valence-electron chi connectivity index (χ1n) is 5.59. The van der Waals surface area contributed by atoms with Crippen LogP contribution in [-0.2, 0) is 6.42 Å². The second-order valence-electron chi connectivity index (χ2n) is 3.79. The predicted molar refractivity (Wildman–Crippen MR) is 63.3 cm³/mol. The van der Waals surface area contributed by atoms with Gasteiger partial charge in [-0.2, -0.15) is 0 Å². The zero-order valence-corrected chi connectivity index (χ0v) is 10.1. The van der Waals surface area contributed by atoms with Crippen LogP contribution in [-0.4, -0.2) is 4.98 Å². The van der Waals surface area contributed by atoms with E-state index in [-0.39, 0.29) is 0 Å². The summed E-state index contributed by atoms with van der Waals surface area (Å²) in [5, 5.41) is 0. The molecule has 1 aromatic heterocycles. The average molecular weight is 193 g/mol. The highest BCUT2D eigenvalue weighted by atomic mass is 14.6. The first-order valence-corrected chi connectivity index (χ1v) is 5.59. The monoisotopic (exact) mass is 193 g/mol. The SMILES string of the molecule is CC.CC(C)C(C)Cc1cccnc1.